The summed E-state index contributed by atoms with van der Waals surface area (Å²) in [6.07, 6.45) is 10.5. The first-order valence-electron chi connectivity index (χ1n) is 11.4. The molecule has 172 valence electrons. The minimum absolute atomic E-state index is 0.00972. The highest BCUT2D eigenvalue weighted by Crippen LogP contribution is 2.33. The fourth-order valence-electron chi connectivity index (χ4n) is 4.26. The Bertz CT molecular complexity index is 927. The van der Waals surface area contributed by atoms with Gasteiger partial charge in [0.25, 0.3) is 0 Å². The Morgan fingerprint density at radius 2 is 2.03 bits per heavy atom. The van der Waals surface area contributed by atoms with Gasteiger partial charge in [0.1, 0.15) is 5.78 Å². The van der Waals surface area contributed by atoms with Crippen LogP contribution in [0.1, 0.15) is 49.8 Å². The molecule has 1 aromatic carbocycles. The second-order valence-electron chi connectivity index (χ2n) is 8.52. The number of hydrogen-bond donors (Lipinski definition) is 3. The number of thiophene rings is 1. The third-order valence-electron chi connectivity index (χ3n) is 6.01. The van der Waals surface area contributed by atoms with Gasteiger partial charge in [-0.05, 0) is 56.0 Å². The zero-order valence-corrected chi connectivity index (χ0v) is 19.0. The summed E-state index contributed by atoms with van der Waals surface area (Å²) >= 11 is 1.79. The third-order valence-corrected chi connectivity index (χ3v) is 7.19. The number of allylic oxidation sites excluding steroid dienone is 3. The quantitative estimate of drug-likeness (QED) is 0.312. The number of carboxylic acid groups (broad SMARTS) is 1. The topological polar surface area (TPSA) is 94.8 Å². The maximum Gasteiger partial charge on any atom is 0.303 e. The number of benzene rings is 1. The van der Waals surface area contributed by atoms with Crippen LogP contribution in [0.4, 0.5) is 0 Å². The summed E-state index contributed by atoms with van der Waals surface area (Å²) in [7, 11) is 0. The molecule has 0 bridgehead atoms. The van der Waals surface area contributed by atoms with E-state index in [9.17, 15) is 19.8 Å². The van der Waals surface area contributed by atoms with E-state index >= 15 is 0 Å². The first kappa shape index (κ1) is 24.4. The Morgan fingerprint density at radius 3 is 2.81 bits per heavy atom. The molecule has 0 aliphatic heterocycles. The molecule has 3 rings (SSSR count). The van der Waals surface area contributed by atoms with Crippen molar-refractivity contribution in [3.8, 4) is 0 Å². The van der Waals surface area contributed by atoms with Crippen LogP contribution in [0.25, 0.3) is 10.1 Å². The summed E-state index contributed by atoms with van der Waals surface area (Å²) in [4.78, 5) is 24.2. The number of aliphatic hydroxyl groups excluding tert-OH is 2. The monoisotopic (exact) mass is 456 g/mol. The molecule has 1 heterocycles. The highest BCUT2D eigenvalue weighted by molar-refractivity contribution is 7.19. The number of ketones is 1. The number of carbonyl (C=O) groups excluding carboxylic acids is 1. The van der Waals surface area contributed by atoms with Gasteiger partial charge >= 0.3 is 5.97 Å². The molecule has 0 amide bonds. The number of aliphatic hydroxyl groups is 2. The molecule has 2 aromatic rings. The summed E-state index contributed by atoms with van der Waals surface area (Å²) in [5.74, 6) is -1.37. The van der Waals surface area contributed by atoms with Crippen molar-refractivity contribution in [3.63, 3.8) is 0 Å². The minimum Gasteiger partial charge on any atom is -0.481 e. The fraction of sp³-hybridized carbons (Fsp3) is 0.462. The Hall–Kier alpha value is -2.28. The van der Waals surface area contributed by atoms with Gasteiger partial charge in [-0.15, -0.1) is 11.3 Å². The average Bonchev–Trinajstić information content (AvgIpc) is 3.28. The summed E-state index contributed by atoms with van der Waals surface area (Å²) in [5.41, 5.74) is 0. The molecule has 0 saturated heterocycles. The van der Waals surface area contributed by atoms with Crippen LogP contribution in [0.3, 0.4) is 0 Å². The van der Waals surface area contributed by atoms with Crippen molar-refractivity contribution in [2.75, 3.05) is 0 Å². The number of rotatable bonds is 12. The second kappa shape index (κ2) is 12.1. The Kier molecular flexibility index (Phi) is 9.21. The molecule has 1 unspecified atom stereocenters. The van der Waals surface area contributed by atoms with Crippen molar-refractivity contribution in [2.45, 2.75) is 63.6 Å². The highest BCUT2D eigenvalue weighted by Gasteiger charge is 2.39. The van der Waals surface area contributed by atoms with E-state index in [0.29, 0.717) is 25.7 Å². The molecule has 5 nitrogen and oxygen atoms in total. The van der Waals surface area contributed by atoms with E-state index in [1.807, 2.05) is 24.3 Å². The number of carbonyl (C=O) groups is 2. The second-order valence-corrected chi connectivity index (χ2v) is 9.68. The fourth-order valence-corrected chi connectivity index (χ4v) is 5.36. The molecule has 4 atom stereocenters. The van der Waals surface area contributed by atoms with Crippen LogP contribution >= 0.6 is 11.3 Å². The van der Waals surface area contributed by atoms with E-state index < -0.39 is 18.2 Å². The first-order valence-corrected chi connectivity index (χ1v) is 12.2. The molecule has 3 N–H and O–H groups in total. The maximum absolute atomic E-state index is 12.3. The lowest BCUT2D eigenvalue weighted by Gasteiger charge is -2.17. The molecule has 1 aliphatic rings. The van der Waals surface area contributed by atoms with Gasteiger partial charge in [0.2, 0.25) is 0 Å². The molecular weight excluding hydrogens is 424 g/mol. The zero-order chi connectivity index (χ0) is 22.9. The van der Waals surface area contributed by atoms with Crippen LogP contribution in [0.5, 0.6) is 0 Å². The number of carboxylic acids is 1. The predicted octanol–water partition coefficient (Wildman–Crippen LogP) is 4.91. The van der Waals surface area contributed by atoms with Crippen LogP contribution < -0.4 is 0 Å². The van der Waals surface area contributed by atoms with E-state index in [1.165, 1.54) is 15.0 Å². The van der Waals surface area contributed by atoms with Gasteiger partial charge in [-0.25, -0.2) is 0 Å². The standard InChI is InChI=1S/C26H32O5S/c27-19(9-7-10-20-16-18-8-5-6-12-25(18)32-20)14-15-22-21(23(28)17-24(22)29)11-3-1-2-4-13-26(30)31/h1,3,5-6,8,12,14-16,19,21-23,27-28H,2,4,7,9-11,13,17H2,(H,30,31)/t19?,21-,22-,23+/m1/s1. The van der Waals surface area contributed by atoms with Crippen LogP contribution in [0.15, 0.2) is 54.6 Å². The molecule has 32 heavy (non-hydrogen) atoms. The van der Waals surface area contributed by atoms with Gasteiger partial charge < -0.3 is 15.3 Å². The summed E-state index contributed by atoms with van der Waals surface area (Å²) in [5, 5.41) is 30.6. The largest absolute Gasteiger partial charge is 0.481 e. The van der Waals surface area contributed by atoms with Crippen molar-refractivity contribution < 1.29 is 24.9 Å². The number of hydrogen-bond acceptors (Lipinski definition) is 5. The molecule has 0 spiro atoms. The van der Waals surface area contributed by atoms with Gasteiger partial charge in [0.15, 0.2) is 0 Å². The van der Waals surface area contributed by atoms with Crippen LogP contribution in [-0.4, -0.2) is 39.3 Å². The number of unbranched alkanes of at least 4 members (excludes halogenated alkanes) is 1. The first-order chi connectivity index (χ1) is 15.4. The molecular formula is C26H32O5S. The van der Waals surface area contributed by atoms with E-state index in [-0.39, 0.29) is 30.5 Å². The molecule has 6 heteroatoms. The van der Waals surface area contributed by atoms with Crippen molar-refractivity contribution in [1.29, 1.82) is 0 Å². The van der Waals surface area contributed by atoms with E-state index in [1.54, 1.807) is 23.5 Å². The number of fused-ring (bicyclic) bond motifs is 1. The van der Waals surface area contributed by atoms with E-state index in [2.05, 4.69) is 18.2 Å². The maximum atomic E-state index is 12.3. The third kappa shape index (κ3) is 7.12. The Labute approximate surface area is 193 Å². The normalized spacial score (nSPS) is 22.4. The molecule has 1 saturated carbocycles. The van der Waals surface area contributed by atoms with E-state index in [0.717, 1.165) is 12.8 Å². The average molecular weight is 457 g/mol. The minimum atomic E-state index is -0.803. The lowest BCUT2D eigenvalue weighted by atomic mass is 9.90. The van der Waals surface area contributed by atoms with Gasteiger partial charge in [-0.3, -0.25) is 9.59 Å². The predicted molar refractivity (Wildman–Crippen MR) is 128 cm³/mol. The van der Waals surface area contributed by atoms with Crippen molar-refractivity contribution in [1.82, 2.24) is 0 Å². The summed E-state index contributed by atoms with van der Waals surface area (Å²) in [6, 6.07) is 10.5. The lowest BCUT2D eigenvalue weighted by Crippen LogP contribution is -2.19. The number of aliphatic carboxylic acids is 1. The smallest absolute Gasteiger partial charge is 0.303 e. The van der Waals surface area contributed by atoms with Gasteiger partial charge in [0.05, 0.1) is 12.2 Å². The zero-order valence-electron chi connectivity index (χ0n) is 18.2. The lowest BCUT2D eigenvalue weighted by molar-refractivity contribution is -0.137. The Morgan fingerprint density at radius 1 is 1.22 bits per heavy atom. The van der Waals surface area contributed by atoms with Crippen molar-refractivity contribution >= 4 is 33.2 Å². The number of Topliss-reactive ketones (excluding diaryl/α,β-unsaturated/α-hetero) is 1. The molecule has 1 fully saturated rings. The Balaban J connectivity index is 1.45. The van der Waals surface area contributed by atoms with Crippen molar-refractivity contribution in [2.24, 2.45) is 11.8 Å². The molecule has 0 radical (unpaired) electrons. The number of aryl methyl sites for hydroxylation is 1. The van der Waals surface area contributed by atoms with Crippen molar-refractivity contribution in [3.05, 3.63) is 59.5 Å². The van der Waals surface area contributed by atoms with Gasteiger partial charge in [-0.2, -0.15) is 0 Å². The summed E-state index contributed by atoms with van der Waals surface area (Å²) < 4.78 is 1.28. The highest BCUT2D eigenvalue weighted by atomic mass is 32.1. The molecule has 1 aliphatic carbocycles. The molecule has 1 aromatic heterocycles. The van der Waals surface area contributed by atoms with Gasteiger partial charge in [0, 0.05) is 34.3 Å². The summed E-state index contributed by atoms with van der Waals surface area (Å²) in [6.45, 7) is 0. The van der Waals surface area contributed by atoms with Gasteiger partial charge in [-0.1, -0.05) is 42.5 Å². The van der Waals surface area contributed by atoms with Crippen LogP contribution in [-0.2, 0) is 16.0 Å². The van der Waals surface area contributed by atoms with E-state index in [4.69, 9.17) is 5.11 Å². The van der Waals surface area contributed by atoms with Crippen LogP contribution in [0, 0.1) is 11.8 Å². The van der Waals surface area contributed by atoms with Crippen LogP contribution in [0.2, 0.25) is 0 Å². The SMILES string of the molecule is O=C(O)CCCC=CC[C@H]1[C@@H](O)CC(=O)[C@@H]1C=CC(O)CCCc1cc2ccccc2s1.